The second kappa shape index (κ2) is 3.84. The zero-order valence-electron chi connectivity index (χ0n) is 7.70. The van der Waals surface area contributed by atoms with Crippen LogP contribution in [-0.2, 0) is 4.74 Å². The molecule has 0 saturated heterocycles. The van der Waals surface area contributed by atoms with Crippen molar-refractivity contribution in [2.75, 3.05) is 14.2 Å². The fraction of sp³-hybridized carbons (Fsp3) is 0.375. The van der Waals surface area contributed by atoms with E-state index in [0.29, 0.717) is 11.4 Å². The van der Waals surface area contributed by atoms with Gasteiger partial charge in [0.1, 0.15) is 6.33 Å². The number of nitrogens with zero attached hydrogens (tertiary/aromatic N) is 2. The summed E-state index contributed by atoms with van der Waals surface area (Å²) in [4.78, 5) is 18.8. The zero-order valence-corrected chi connectivity index (χ0v) is 7.70. The van der Waals surface area contributed by atoms with E-state index in [1.807, 2.05) is 0 Å². The van der Waals surface area contributed by atoms with Crippen molar-refractivity contribution in [1.29, 1.82) is 0 Å². The highest BCUT2D eigenvalue weighted by atomic mass is 16.5. The lowest BCUT2D eigenvalue weighted by molar-refractivity contribution is 0.0589. The first-order valence-corrected chi connectivity index (χ1v) is 3.64. The molecule has 0 amide bonds. The maximum atomic E-state index is 11.2. The summed E-state index contributed by atoms with van der Waals surface area (Å²) < 4.78 is 9.50. The van der Waals surface area contributed by atoms with E-state index in [0.717, 1.165) is 0 Å². The van der Waals surface area contributed by atoms with Crippen LogP contribution in [0.2, 0.25) is 0 Å². The zero-order chi connectivity index (χ0) is 9.84. The molecule has 0 atom stereocenters. The largest absolute Gasteiger partial charge is 0.492 e. The molecule has 1 aromatic rings. The molecule has 0 radical (unpaired) electrons. The number of ether oxygens (including phenoxy) is 2. The lowest BCUT2D eigenvalue weighted by atomic mass is 10.3. The fourth-order valence-electron chi connectivity index (χ4n) is 0.948. The predicted molar refractivity (Wildman–Crippen MR) is 44.7 cm³/mol. The van der Waals surface area contributed by atoms with Gasteiger partial charge in [-0.15, -0.1) is 0 Å². The summed E-state index contributed by atoms with van der Waals surface area (Å²) in [6.07, 6.45) is 1.30. The Hall–Kier alpha value is -1.65. The number of methoxy groups -OCH3 is 2. The van der Waals surface area contributed by atoms with Gasteiger partial charge in [-0.3, -0.25) is 0 Å². The second-order valence-electron chi connectivity index (χ2n) is 2.33. The topological polar surface area (TPSA) is 61.3 Å². The number of carbonyl (C=O) groups is 1. The smallest absolute Gasteiger partial charge is 0.360 e. The van der Waals surface area contributed by atoms with Crippen LogP contribution in [0.5, 0.6) is 5.75 Å². The molecule has 0 unspecified atom stereocenters. The Morgan fingerprint density at radius 1 is 1.38 bits per heavy atom. The number of aryl methyl sites for hydroxylation is 1. The first kappa shape index (κ1) is 9.44. The van der Waals surface area contributed by atoms with Crippen LogP contribution in [0.1, 0.15) is 16.2 Å². The highest BCUT2D eigenvalue weighted by molar-refractivity contribution is 5.90. The molecule has 70 valence electrons. The predicted octanol–water partition coefficient (Wildman–Crippen LogP) is 0.580. The minimum atomic E-state index is -0.526. The van der Waals surface area contributed by atoms with Gasteiger partial charge < -0.3 is 9.47 Å². The molecule has 0 aliphatic heterocycles. The van der Waals surface area contributed by atoms with E-state index in [2.05, 4.69) is 14.7 Å². The maximum absolute atomic E-state index is 11.2. The van der Waals surface area contributed by atoms with Crippen LogP contribution in [0.25, 0.3) is 0 Å². The molecule has 0 aliphatic rings. The van der Waals surface area contributed by atoms with E-state index < -0.39 is 5.97 Å². The van der Waals surface area contributed by atoms with Crippen molar-refractivity contribution in [3.63, 3.8) is 0 Å². The normalized spacial score (nSPS) is 9.46. The van der Waals surface area contributed by atoms with Gasteiger partial charge in [0.05, 0.1) is 19.9 Å². The Morgan fingerprint density at radius 2 is 2.08 bits per heavy atom. The van der Waals surface area contributed by atoms with Gasteiger partial charge in [-0.1, -0.05) is 0 Å². The van der Waals surface area contributed by atoms with Gasteiger partial charge in [0.25, 0.3) is 0 Å². The van der Waals surface area contributed by atoms with Gasteiger partial charge in [-0.2, -0.15) is 0 Å². The average molecular weight is 182 g/mol. The van der Waals surface area contributed by atoms with Gasteiger partial charge >= 0.3 is 5.97 Å². The summed E-state index contributed by atoms with van der Waals surface area (Å²) in [5.41, 5.74) is 0.760. The molecular formula is C8H10N2O3. The minimum Gasteiger partial charge on any atom is -0.492 e. The highest BCUT2D eigenvalue weighted by Gasteiger charge is 2.16. The van der Waals surface area contributed by atoms with Crippen molar-refractivity contribution >= 4 is 5.97 Å². The molecule has 1 aromatic heterocycles. The van der Waals surface area contributed by atoms with Crippen LogP contribution in [0.3, 0.4) is 0 Å². The fourth-order valence-corrected chi connectivity index (χ4v) is 0.948. The summed E-state index contributed by atoms with van der Waals surface area (Å²) >= 11 is 0. The molecule has 5 nitrogen and oxygen atoms in total. The van der Waals surface area contributed by atoms with Crippen molar-refractivity contribution in [1.82, 2.24) is 9.97 Å². The summed E-state index contributed by atoms with van der Waals surface area (Å²) in [5.74, 6) is -0.170. The van der Waals surface area contributed by atoms with Gasteiger partial charge in [0.2, 0.25) is 0 Å². The summed E-state index contributed by atoms with van der Waals surface area (Å²) in [6.45, 7) is 1.73. The van der Waals surface area contributed by atoms with Crippen molar-refractivity contribution in [2.24, 2.45) is 0 Å². The lowest BCUT2D eigenvalue weighted by Gasteiger charge is -2.06. The molecule has 13 heavy (non-hydrogen) atoms. The van der Waals surface area contributed by atoms with Crippen LogP contribution in [0.15, 0.2) is 6.33 Å². The van der Waals surface area contributed by atoms with E-state index in [4.69, 9.17) is 4.74 Å². The quantitative estimate of drug-likeness (QED) is 0.626. The Labute approximate surface area is 75.7 Å². The Bertz CT molecular complexity index is 325. The molecule has 0 spiro atoms. The lowest BCUT2D eigenvalue weighted by Crippen LogP contribution is -2.08. The number of rotatable bonds is 2. The summed E-state index contributed by atoms with van der Waals surface area (Å²) in [7, 11) is 2.75. The molecule has 0 saturated carbocycles. The summed E-state index contributed by atoms with van der Waals surface area (Å²) in [6, 6.07) is 0. The highest BCUT2D eigenvalue weighted by Crippen LogP contribution is 2.18. The number of esters is 1. The molecule has 0 aromatic carbocycles. The standard InChI is InChI=1S/C8H10N2O3/c1-5-7(12-2)6(8(11)13-3)10-4-9-5/h4H,1-3H3. The molecule has 5 heteroatoms. The van der Waals surface area contributed by atoms with Crippen molar-refractivity contribution in [3.8, 4) is 5.75 Å². The van der Waals surface area contributed by atoms with Crippen molar-refractivity contribution in [2.45, 2.75) is 6.92 Å². The third kappa shape index (κ3) is 1.74. The first-order valence-electron chi connectivity index (χ1n) is 3.64. The summed E-state index contributed by atoms with van der Waals surface area (Å²) in [5, 5.41) is 0. The van der Waals surface area contributed by atoms with Gasteiger partial charge in [-0.05, 0) is 6.92 Å². The van der Waals surface area contributed by atoms with E-state index in [-0.39, 0.29) is 5.69 Å². The number of carbonyl (C=O) groups excluding carboxylic acids is 1. The number of hydrogen-bond donors (Lipinski definition) is 0. The van der Waals surface area contributed by atoms with Crippen LogP contribution >= 0.6 is 0 Å². The SMILES string of the molecule is COC(=O)c1ncnc(C)c1OC. The Morgan fingerprint density at radius 3 is 2.62 bits per heavy atom. The molecule has 1 heterocycles. The molecule has 0 aliphatic carbocycles. The van der Waals surface area contributed by atoms with Gasteiger partial charge in [0.15, 0.2) is 11.4 Å². The molecule has 0 fully saturated rings. The van der Waals surface area contributed by atoms with Crippen molar-refractivity contribution < 1.29 is 14.3 Å². The first-order chi connectivity index (χ1) is 6.20. The molecular weight excluding hydrogens is 172 g/mol. The number of aromatic nitrogens is 2. The Kier molecular flexibility index (Phi) is 2.79. The maximum Gasteiger partial charge on any atom is 0.360 e. The van der Waals surface area contributed by atoms with Crippen LogP contribution < -0.4 is 4.74 Å². The molecule has 0 bridgehead atoms. The van der Waals surface area contributed by atoms with Gasteiger partial charge in [0, 0.05) is 0 Å². The molecule has 1 rings (SSSR count). The monoisotopic (exact) mass is 182 g/mol. The molecule has 0 N–H and O–H groups in total. The van der Waals surface area contributed by atoms with Crippen LogP contribution in [-0.4, -0.2) is 30.2 Å². The minimum absolute atomic E-state index is 0.150. The third-order valence-corrected chi connectivity index (χ3v) is 1.56. The average Bonchev–Trinajstić information content (AvgIpc) is 2.16. The van der Waals surface area contributed by atoms with Crippen LogP contribution in [0, 0.1) is 6.92 Å². The van der Waals surface area contributed by atoms with Gasteiger partial charge in [-0.25, -0.2) is 14.8 Å². The Balaban J connectivity index is 3.20. The van der Waals surface area contributed by atoms with Crippen LogP contribution in [0.4, 0.5) is 0 Å². The second-order valence-corrected chi connectivity index (χ2v) is 2.33. The third-order valence-electron chi connectivity index (χ3n) is 1.56. The van der Waals surface area contributed by atoms with Crippen molar-refractivity contribution in [3.05, 3.63) is 17.7 Å². The van der Waals surface area contributed by atoms with E-state index >= 15 is 0 Å². The van der Waals surface area contributed by atoms with E-state index in [1.165, 1.54) is 20.5 Å². The number of hydrogen-bond acceptors (Lipinski definition) is 5. The van der Waals surface area contributed by atoms with E-state index in [1.54, 1.807) is 6.92 Å². The van der Waals surface area contributed by atoms with E-state index in [9.17, 15) is 4.79 Å².